The summed E-state index contributed by atoms with van der Waals surface area (Å²) in [5, 5.41) is 2.58. The summed E-state index contributed by atoms with van der Waals surface area (Å²) in [7, 11) is 0. The molecule has 0 spiro atoms. The van der Waals surface area contributed by atoms with Crippen LogP contribution < -0.4 is 4.90 Å². The minimum absolute atomic E-state index is 1.08. The Morgan fingerprint density at radius 3 is 1.19 bits per heavy atom. The molecular weight excluding hydrogens is 767 g/mol. The van der Waals surface area contributed by atoms with Gasteiger partial charge in [0.1, 0.15) is 0 Å². The Morgan fingerprint density at radius 1 is 0.242 bits per heavy atom. The van der Waals surface area contributed by atoms with Crippen LogP contribution in [0.4, 0.5) is 17.1 Å². The first-order valence-corrected chi connectivity index (χ1v) is 22.0. The molecule has 0 N–H and O–H groups in total. The van der Waals surface area contributed by atoms with Crippen molar-refractivity contribution in [3.05, 3.63) is 249 Å². The molecule has 11 rings (SSSR count). The number of fused-ring (bicyclic) bond motifs is 3. The fourth-order valence-electron chi connectivity index (χ4n) is 8.96. The molecule has 10 aromatic carbocycles. The Morgan fingerprint density at radius 2 is 0.645 bits per heavy atom. The van der Waals surface area contributed by atoms with E-state index >= 15 is 0 Å². The van der Waals surface area contributed by atoms with Gasteiger partial charge in [-0.3, -0.25) is 0 Å². The average molecular weight is 808 g/mol. The van der Waals surface area contributed by atoms with E-state index in [1.165, 1.54) is 59.1 Å². The van der Waals surface area contributed by atoms with E-state index in [0.717, 1.165) is 44.9 Å². The highest BCUT2D eigenvalue weighted by Gasteiger charge is 2.24. The van der Waals surface area contributed by atoms with Crippen LogP contribution in [0.5, 0.6) is 0 Å². The van der Waals surface area contributed by atoms with E-state index in [4.69, 9.17) is 0 Å². The maximum Gasteiger partial charge on any atom is 0.0618 e. The third-order valence-corrected chi connectivity index (χ3v) is 13.0. The van der Waals surface area contributed by atoms with Crippen LogP contribution in [0.2, 0.25) is 0 Å². The molecule has 1 heterocycles. The van der Waals surface area contributed by atoms with Crippen molar-refractivity contribution in [1.82, 2.24) is 0 Å². The number of hydrogen-bond donors (Lipinski definition) is 0. The Balaban J connectivity index is 1.14. The molecule has 0 saturated heterocycles. The molecule has 2 heteroatoms. The third-order valence-electron chi connectivity index (χ3n) is 11.9. The minimum Gasteiger partial charge on any atom is -0.309 e. The molecule has 11 aromatic rings. The molecule has 62 heavy (non-hydrogen) atoms. The molecule has 0 bridgehead atoms. The number of anilines is 3. The monoisotopic (exact) mass is 807 g/mol. The first-order chi connectivity index (χ1) is 30.8. The molecule has 0 saturated carbocycles. The quantitative estimate of drug-likeness (QED) is 0.140. The van der Waals surface area contributed by atoms with Gasteiger partial charge in [-0.2, -0.15) is 0 Å². The van der Waals surface area contributed by atoms with Crippen molar-refractivity contribution in [2.24, 2.45) is 0 Å². The van der Waals surface area contributed by atoms with Crippen LogP contribution in [0.1, 0.15) is 0 Å². The van der Waals surface area contributed by atoms with E-state index in [0.29, 0.717) is 0 Å². The Kier molecular flexibility index (Phi) is 9.82. The topological polar surface area (TPSA) is 3.24 Å². The maximum absolute atomic E-state index is 2.49. The molecule has 0 unspecified atom stereocenters. The summed E-state index contributed by atoms with van der Waals surface area (Å²) in [6.07, 6.45) is 0. The summed E-state index contributed by atoms with van der Waals surface area (Å²) in [5.41, 5.74) is 17.5. The summed E-state index contributed by atoms with van der Waals surface area (Å²) < 4.78 is 2.56. The minimum atomic E-state index is 1.08. The Hall–Kier alpha value is -7.78. The van der Waals surface area contributed by atoms with Crippen LogP contribution in [0.25, 0.3) is 86.9 Å². The number of nitrogens with zero attached hydrogens (tertiary/aromatic N) is 1. The van der Waals surface area contributed by atoms with Gasteiger partial charge in [0.25, 0.3) is 0 Å². The van der Waals surface area contributed by atoms with E-state index in [2.05, 4.69) is 254 Å². The van der Waals surface area contributed by atoms with E-state index in [9.17, 15) is 0 Å². The summed E-state index contributed by atoms with van der Waals surface area (Å²) in [5.74, 6) is 0. The van der Waals surface area contributed by atoms with Crippen LogP contribution in [0, 0.1) is 0 Å². The van der Waals surface area contributed by atoms with Crippen molar-refractivity contribution in [2.45, 2.75) is 0 Å². The molecule has 0 amide bonds. The van der Waals surface area contributed by atoms with Crippen LogP contribution >= 0.6 is 11.3 Å². The lowest BCUT2D eigenvalue weighted by molar-refractivity contribution is 1.29. The molecular formula is C60H41NS. The van der Waals surface area contributed by atoms with Crippen molar-refractivity contribution >= 4 is 48.6 Å². The second-order valence-corrected chi connectivity index (χ2v) is 16.7. The van der Waals surface area contributed by atoms with Gasteiger partial charge in [0.05, 0.1) is 5.69 Å². The van der Waals surface area contributed by atoms with Crippen molar-refractivity contribution in [1.29, 1.82) is 0 Å². The first kappa shape index (κ1) is 37.2. The third kappa shape index (κ3) is 6.97. The zero-order valence-corrected chi connectivity index (χ0v) is 34.8. The lowest BCUT2D eigenvalue weighted by atomic mass is 9.89. The summed E-state index contributed by atoms with van der Waals surface area (Å²) >= 11 is 1.86. The molecule has 1 aromatic heterocycles. The summed E-state index contributed by atoms with van der Waals surface area (Å²) in [6, 6.07) is 90.5. The highest BCUT2D eigenvalue weighted by molar-refractivity contribution is 7.25. The smallest absolute Gasteiger partial charge is 0.0618 e. The average Bonchev–Trinajstić information content (AvgIpc) is 3.73. The van der Waals surface area contributed by atoms with Crippen LogP contribution in [-0.4, -0.2) is 0 Å². The first-order valence-electron chi connectivity index (χ1n) is 21.2. The second kappa shape index (κ2) is 16.3. The van der Waals surface area contributed by atoms with Crippen LogP contribution in [-0.2, 0) is 0 Å². The molecule has 0 atom stereocenters. The van der Waals surface area contributed by atoms with E-state index in [-0.39, 0.29) is 0 Å². The van der Waals surface area contributed by atoms with E-state index in [1.54, 1.807) is 0 Å². The largest absolute Gasteiger partial charge is 0.309 e. The second-order valence-electron chi connectivity index (χ2n) is 15.6. The zero-order chi connectivity index (χ0) is 41.2. The van der Waals surface area contributed by atoms with Crippen molar-refractivity contribution in [2.75, 3.05) is 4.90 Å². The van der Waals surface area contributed by atoms with Gasteiger partial charge in [0.2, 0.25) is 0 Å². The molecule has 0 aliphatic rings. The number of benzene rings is 10. The maximum atomic E-state index is 2.49. The van der Waals surface area contributed by atoms with Crippen LogP contribution in [0.15, 0.2) is 249 Å². The molecule has 1 nitrogen and oxygen atoms in total. The summed E-state index contributed by atoms with van der Waals surface area (Å²) in [6.45, 7) is 0. The molecule has 0 aliphatic heterocycles. The van der Waals surface area contributed by atoms with Gasteiger partial charge in [-0.1, -0.05) is 206 Å². The highest BCUT2D eigenvalue weighted by atomic mass is 32.1. The fourth-order valence-corrected chi connectivity index (χ4v) is 10.1. The van der Waals surface area contributed by atoms with Gasteiger partial charge < -0.3 is 4.90 Å². The molecule has 0 fully saturated rings. The van der Waals surface area contributed by atoms with Crippen molar-refractivity contribution < 1.29 is 0 Å². The van der Waals surface area contributed by atoms with E-state index < -0.39 is 0 Å². The normalized spacial score (nSPS) is 11.2. The highest BCUT2D eigenvalue weighted by Crippen LogP contribution is 2.50. The van der Waals surface area contributed by atoms with Crippen molar-refractivity contribution in [3.63, 3.8) is 0 Å². The van der Waals surface area contributed by atoms with Crippen LogP contribution in [0.3, 0.4) is 0 Å². The van der Waals surface area contributed by atoms with Gasteiger partial charge >= 0.3 is 0 Å². The predicted molar refractivity (Wildman–Crippen MR) is 267 cm³/mol. The van der Waals surface area contributed by atoms with Crippen molar-refractivity contribution in [3.8, 4) is 66.8 Å². The van der Waals surface area contributed by atoms with Gasteiger partial charge in [0.15, 0.2) is 0 Å². The number of hydrogen-bond acceptors (Lipinski definition) is 2. The van der Waals surface area contributed by atoms with Gasteiger partial charge in [-0.05, 0) is 98.1 Å². The van der Waals surface area contributed by atoms with E-state index in [1.807, 2.05) is 11.3 Å². The Bertz CT molecular complexity index is 3260. The fraction of sp³-hybridized carbons (Fsp3) is 0. The standard InChI is InChI=1S/C60H41NS/c1-5-19-42(20-6-1)47-39-56(44-23-9-3-10-24-44)60(57(40-47)45-25-11-4-12-26-45)61(49-37-38-55-54-31-17-18-32-58(54)62-59(55)41-49)48-35-33-46(34-36-48)51-28-14-16-30-53(51)52-29-15-13-27-50(52)43-21-7-2-8-22-43/h1-41H. The molecule has 0 aliphatic carbocycles. The lowest BCUT2D eigenvalue weighted by Gasteiger charge is -2.31. The predicted octanol–water partition coefficient (Wildman–Crippen LogP) is 17.5. The SMILES string of the molecule is c1ccc(-c2cc(-c3ccccc3)c(N(c3ccc(-c4ccccc4-c4ccccc4-c4ccccc4)cc3)c3ccc4c(c3)sc3ccccc34)c(-c3ccccc3)c2)cc1. The van der Waals surface area contributed by atoms with Gasteiger partial charge in [-0.15, -0.1) is 11.3 Å². The van der Waals surface area contributed by atoms with Gasteiger partial charge in [-0.25, -0.2) is 0 Å². The Labute approximate surface area is 367 Å². The number of rotatable bonds is 9. The number of thiophene rings is 1. The molecule has 292 valence electrons. The summed E-state index contributed by atoms with van der Waals surface area (Å²) in [4.78, 5) is 2.49. The lowest BCUT2D eigenvalue weighted by Crippen LogP contribution is -2.13. The zero-order valence-electron chi connectivity index (χ0n) is 34.0. The van der Waals surface area contributed by atoms with Gasteiger partial charge in [0, 0.05) is 42.7 Å². The molecule has 0 radical (unpaired) electrons.